The summed E-state index contributed by atoms with van der Waals surface area (Å²) in [6.45, 7) is -1.19. The summed E-state index contributed by atoms with van der Waals surface area (Å²) in [6, 6.07) is 13.6. The third kappa shape index (κ3) is 6.74. The number of carbonyl (C=O) groups excluding carboxylic acids is 1. The summed E-state index contributed by atoms with van der Waals surface area (Å²) >= 11 is 0. The van der Waals surface area contributed by atoms with Crippen LogP contribution in [-0.4, -0.2) is 25.9 Å². The van der Waals surface area contributed by atoms with E-state index >= 15 is 0 Å². The van der Waals surface area contributed by atoms with Crippen molar-refractivity contribution >= 4 is 5.97 Å². The lowest BCUT2D eigenvalue weighted by Crippen LogP contribution is -2.19. The van der Waals surface area contributed by atoms with Gasteiger partial charge in [0.1, 0.15) is 18.1 Å². The van der Waals surface area contributed by atoms with Crippen LogP contribution in [0.3, 0.4) is 0 Å². The molecule has 2 aromatic carbocycles. The van der Waals surface area contributed by atoms with Crippen LogP contribution in [0, 0.1) is 0 Å². The molecule has 0 spiro atoms. The van der Waals surface area contributed by atoms with Crippen molar-refractivity contribution < 1.29 is 32.2 Å². The number of hydrogen-bond donors (Lipinski definition) is 0. The monoisotopic (exact) mass is 354 g/mol. The van der Waals surface area contributed by atoms with Crippen molar-refractivity contribution in [2.24, 2.45) is 0 Å². The molecule has 0 saturated carbocycles. The smallest absolute Gasteiger partial charge is 0.422 e. The quantitative estimate of drug-likeness (QED) is 0.707. The van der Waals surface area contributed by atoms with E-state index in [-0.39, 0.29) is 18.8 Å². The molecule has 4 nitrogen and oxygen atoms in total. The molecule has 0 atom stereocenters. The second-order valence-electron chi connectivity index (χ2n) is 5.24. The van der Waals surface area contributed by atoms with Gasteiger partial charge in [0.2, 0.25) is 0 Å². The molecule has 0 aliphatic carbocycles. The molecule has 0 fully saturated rings. The lowest BCUT2D eigenvalue weighted by molar-refractivity contribution is -0.153. The van der Waals surface area contributed by atoms with E-state index in [2.05, 4.69) is 4.74 Å². The van der Waals surface area contributed by atoms with Crippen molar-refractivity contribution in [3.63, 3.8) is 0 Å². The molecule has 134 valence electrons. The minimum atomic E-state index is -4.45. The van der Waals surface area contributed by atoms with Crippen molar-refractivity contribution in [2.45, 2.75) is 19.2 Å². The molecule has 0 bridgehead atoms. The number of rotatable bonds is 7. The van der Waals surface area contributed by atoms with Crippen LogP contribution in [0.25, 0.3) is 0 Å². The summed E-state index contributed by atoms with van der Waals surface area (Å²) < 4.78 is 52.0. The molecule has 0 N–H and O–H groups in total. The first-order valence-electron chi connectivity index (χ1n) is 7.43. The number of alkyl halides is 3. The summed E-state index contributed by atoms with van der Waals surface area (Å²) in [4.78, 5) is 11.4. The van der Waals surface area contributed by atoms with Gasteiger partial charge in [0.05, 0.1) is 13.5 Å². The number of benzene rings is 2. The Bertz CT molecular complexity index is 699. The topological polar surface area (TPSA) is 44.8 Å². The maximum Gasteiger partial charge on any atom is 0.422 e. The first kappa shape index (κ1) is 18.6. The Morgan fingerprint density at radius 2 is 1.60 bits per heavy atom. The van der Waals surface area contributed by atoms with Gasteiger partial charge in [-0.05, 0) is 23.3 Å². The SMILES string of the molecule is COC(=O)Cc1cc(OCc2ccccc2)cc(OCC(F)(F)F)c1. The van der Waals surface area contributed by atoms with Gasteiger partial charge in [-0.1, -0.05) is 30.3 Å². The molecular weight excluding hydrogens is 337 g/mol. The lowest BCUT2D eigenvalue weighted by atomic mass is 10.1. The summed E-state index contributed by atoms with van der Waals surface area (Å²) in [6.07, 6.45) is -4.55. The van der Waals surface area contributed by atoms with Crippen LogP contribution in [0.15, 0.2) is 48.5 Å². The molecule has 7 heteroatoms. The fraction of sp³-hybridized carbons (Fsp3) is 0.278. The van der Waals surface area contributed by atoms with Gasteiger partial charge in [-0.3, -0.25) is 4.79 Å². The number of methoxy groups -OCH3 is 1. The Morgan fingerprint density at radius 3 is 2.20 bits per heavy atom. The molecule has 0 unspecified atom stereocenters. The minimum absolute atomic E-state index is 0.0261. The second-order valence-corrected chi connectivity index (χ2v) is 5.24. The molecule has 25 heavy (non-hydrogen) atoms. The van der Waals surface area contributed by atoms with E-state index < -0.39 is 18.8 Å². The van der Waals surface area contributed by atoms with Crippen molar-refractivity contribution in [3.05, 3.63) is 59.7 Å². The Kier molecular flexibility index (Phi) is 6.27. The molecular formula is C18H17F3O4. The number of esters is 1. The Hall–Kier alpha value is -2.70. The van der Waals surface area contributed by atoms with Crippen LogP contribution in [0.4, 0.5) is 13.2 Å². The highest BCUT2D eigenvalue weighted by molar-refractivity contribution is 5.72. The van der Waals surface area contributed by atoms with Crippen molar-refractivity contribution in [1.82, 2.24) is 0 Å². The Morgan fingerprint density at radius 1 is 0.960 bits per heavy atom. The van der Waals surface area contributed by atoms with Crippen LogP contribution in [0.2, 0.25) is 0 Å². The normalized spacial score (nSPS) is 11.0. The average Bonchev–Trinajstić information content (AvgIpc) is 2.58. The van der Waals surface area contributed by atoms with Gasteiger partial charge in [-0.2, -0.15) is 13.2 Å². The van der Waals surface area contributed by atoms with Gasteiger partial charge in [-0.25, -0.2) is 0 Å². The number of ether oxygens (including phenoxy) is 3. The maximum absolute atomic E-state index is 12.3. The van der Waals surface area contributed by atoms with E-state index in [4.69, 9.17) is 9.47 Å². The van der Waals surface area contributed by atoms with Gasteiger partial charge in [0, 0.05) is 6.07 Å². The Balaban J connectivity index is 2.14. The van der Waals surface area contributed by atoms with Crippen LogP contribution in [-0.2, 0) is 22.6 Å². The Labute approximate surface area is 143 Å². The molecule has 0 amide bonds. The minimum Gasteiger partial charge on any atom is -0.489 e. The van der Waals surface area contributed by atoms with E-state index in [1.54, 1.807) is 6.07 Å². The highest BCUT2D eigenvalue weighted by Gasteiger charge is 2.28. The third-order valence-corrected chi connectivity index (χ3v) is 3.17. The standard InChI is InChI=1S/C18H17F3O4/c1-23-17(22)9-14-7-15(24-11-13-5-3-2-4-6-13)10-16(8-14)25-12-18(19,20)21/h2-8,10H,9,11-12H2,1H3. The van der Waals surface area contributed by atoms with Crippen molar-refractivity contribution in [3.8, 4) is 11.5 Å². The maximum atomic E-state index is 12.3. The number of halogens is 3. The molecule has 0 aliphatic heterocycles. The lowest BCUT2D eigenvalue weighted by Gasteiger charge is -2.13. The highest BCUT2D eigenvalue weighted by Crippen LogP contribution is 2.26. The zero-order chi connectivity index (χ0) is 18.3. The fourth-order valence-electron chi connectivity index (χ4n) is 2.04. The van der Waals surface area contributed by atoms with Gasteiger partial charge < -0.3 is 14.2 Å². The molecule has 0 heterocycles. The van der Waals surface area contributed by atoms with E-state index in [9.17, 15) is 18.0 Å². The van der Waals surface area contributed by atoms with E-state index in [1.807, 2.05) is 30.3 Å². The molecule has 0 radical (unpaired) electrons. The molecule has 0 aromatic heterocycles. The van der Waals surface area contributed by atoms with Gasteiger partial charge >= 0.3 is 12.1 Å². The van der Waals surface area contributed by atoms with Crippen molar-refractivity contribution in [1.29, 1.82) is 0 Å². The summed E-state index contributed by atoms with van der Waals surface area (Å²) in [7, 11) is 1.24. The first-order chi connectivity index (χ1) is 11.9. The zero-order valence-electron chi connectivity index (χ0n) is 13.5. The molecule has 0 aliphatic rings. The second kappa shape index (κ2) is 8.41. The summed E-state index contributed by atoms with van der Waals surface area (Å²) in [5, 5.41) is 0. The van der Waals surface area contributed by atoms with E-state index in [0.29, 0.717) is 11.3 Å². The number of carbonyl (C=O) groups is 1. The first-order valence-corrected chi connectivity index (χ1v) is 7.43. The predicted molar refractivity (Wildman–Crippen MR) is 84.5 cm³/mol. The average molecular weight is 354 g/mol. The van der Waals surface area contributed by atoms with Crippen LogP contribution >= 0.6 is 0 Å². The van der Waals surface area contributed by atoms with E-state index in [1.165, 1.54) is 19.2 Å². The van der Waals surface area contributed by atoms with Gasteiger partial charge in [-0.15, -0.1) is 0 Å². The zero-order valence-corrected chi connectivity index (χ0v) is 13.5. The highest BCUT2D eigenvalue weighted by atomic mass is 19.4. The predicted octanol–water partition coefficient (Wildman–Crippen LogP) is 3.92. The van der Waals surface area contributed by atoms with Gasteiger partial charge in [0.25, 0.3) is 0 Å². The summed E-state index contributed by atoms with van der Waals surface area (Å²) in [5.41, 5.74) is 1.34. The summed E-state index contributed by atoms with van der Waals surface area (Å²) in [5.74, 6) is -0.230. The van der Waals surface area contributed by atoms with Crippen LogP contribution < -0.4 is 9.47 Å². The molecule has 2 rings (SSSR count). The van der Waals surface area contributed by atoms with Crippen LogP contribution in [0.1, 0.15) is 11.1 Å². The third-order valence-electron chi connectivity index (χ3n) is 3.17. The molecule has 2 aromatic rings. The fourth-order valence-corrected chi connectivity index (χ4v) is 2.04. The van der Waals surface area contributed by atoms with E-state index in [0.717, 1.165) is 5.56 Å². The number of hydrogen-bond acceptors (Lipinski definition) is 4. The largest absolute Gasteiger partial charge is 0.489 e. The molecule has 0 saturated heterocycles. The van der Waals surface area contributed by atoms with Gasteiger partial charge in [0.15, 0.2) is 6.61 Å². The van der Waals surface area contributed by atoms with Crippen molar-refractivity contribution in [2.75, 3.05) is 13.7 Å². The van der Waals surface area contributed by atoms with Crippen LogP contribution in [0.5, 0.6) is 11.5 Å².